The van der Waals surface area contributed by atoms with Gasteiger partial charge < -0.3 is 14.8 Å². The van der Waals surface area contributed by atoms with E-state index >= 15 is 0 Å². The van der Waals surface area contributed by atoms with Crippen LogP contribution in [0.15, 0.2) is 57.2 Å². The number of nitrogens with zero attached hydrogens (tertiary/aromatic N) is 3. The lowest BCUT2D eigenvalue weighted by atomic mass is 10.2. The summed E-state index contributed by atoms with van der Waals surface area (Å²) in [5.41, 5.74) is -1.61. The number of aromatic nitrogens is 2. The van der Waals surface area contributed by atoms with Crippen LogP contribution in [0.3, 0.4) is 0 Å². The van der Waals surface area contributed by atoms with Crippen molar-refractivity contribution in [3.8, 4) is 5.75 Å². The Morgan fingerprint density at radius 1 is 1.25 bits per heavy atom. The third kappa shape index (κ3) is 3.62. The van der Waals surface area contributed by atoms with Gasteiger partial charge in [0.25, 0.3) is 5.56 Å². The standard InChI is InChI=1S/C17H12N4O7/c22-14(23)9-28-15-10(4-3-7-13(15)21(26)27)8-18-20-16(24)11-5-1-2-6-12(11)19-17(20)25/h1-8H,9H2,(H,19,25)(H,22,23). The van der Waals surface area contributed by atoms with E-state index in [1.165, 1.54) is 18.2 Å². The van der Waals surface area contributed by atoms with Gasteiger partial charge >= 0.3 is 17.3 Å². The molecule has 0 saturated heterocycles. The van der Waals surface area contributed by atoms with E-state index in [0.717, 1.165) is 12.3 Å². The maximum Gasteiger partial charge on any atom is 0.349 e. The summed E-state index contributed by atoms with van der Waals surface area (Å²) in [4.78, 5) is 48.2. The Hall–Kier alpha value is -4.28. The van der Waals surface area contributed by atoms with E-state index in [1.807, 2.05) is 0 Å². The maximum absolute atomic E-state index is 12.5. The largest absolute Gasteiger partial charge is 0.479 e. The molecule has 3 rings (SSSR count). The number of carbonyl (C=O) groups is 1. The summed E-state index contributed by atoms with van der Waals surface area (Å²) in [5, 5.41) is 24.0. The molecular weight excluding hydrogens is 372 g/mol. The molecule has 1 aromatic heterocycles. The Morgan fingerprint density at radius 3 is 2.71 bits per heavy atom. The van der Waals surface area contributed by atoms with Crippen molar-refractivity contribution in [2.75, 3.05) is 6.61 Å². The Morgan fingerprint density at radius 2 is 2.00 bits per heavy atom. The summed E-state index contributed by atoms with van der Waals surface area (Å²) >= 11 is 0. The second-order valence-electron chi connectivity index (χ2n) is 5.47. The highest BCUT2D eigenvalue weighted by atomic mass is 16.6. The smallest absolute Gasteiger partial charge is 0.349 e. The van der Waals surface area contributed by atoms with Crippen LogP contribution in [0.1, 0.15) is 5.56 Å². The van der Waals surface area contributed by atoms with Crippen LogP contribution in [-0.4, -0.2) is 38.5 Å². The highest BCUT2D eigenvalue weighted by Gasteiger charge is 2.19. The number of rotatable bonds is 6. The van der Waals surface area contributed by atoms with Crippen LogP contribution in [0.2, 0.25) is 0 Å². The molecule has 1 heterocycles. The van der Waals surface area contributed by atoms with E-state index in [-0.39, 0.29) is 16.7 Å². The number of aliphatic carboxylic acids is 1. The average Bonchev–Trinajstić information content (AvgIpc) is 2.66. The van der Waals surface area contributed by atoms with E-state index < -0.39 is 34.4 Å². The van der Waals surface area contributed by atoms with Crippen LogP contribution in [-0.2, 0) is 4.79 Å². The Labute approximate surface area is 155 Å². The fraction of sp³-hybridized carbons (Fsp3) is 0.0588. The molecule has 0 saturated carbocycles. The fourth-order valence-corrected chi connectivity index (χ4v) is 2.46. The summed E-state index contributed by atoms with van der Waals surface area (Å²) in [5.74, 6) is -1.67. The predicted molar refractivity (Wildman–Crippen MR) is 98.0 cm³/mol. The minimum atomic E-state index is -1.33. The number of carboxylic acids is 1. The zero-order chi connectivity index (χ0) is 20.3. The molecule has 0 bridgehead atoms. The summed E-state index contributed by atoms with van der Waals surface area (Å²) < 4.78 is 5.56. The molecule has 142 valence electrons. The molecule has 2 N–H and O–H groups in total. The second kappa shape index (κ2) is 7.53. The van der Waals surface area contributed by atoms with E-state index in [4.69, 9.17) is 9.84 Å². The Kier molecular flexibility index (Phi) is 4.98. The highest BCUT2D eigenvalue weighted by Crippen LogP contribution is 2.29. The van der Waals surface area contributed by atoms with Gasteiger partial charge in [0, 0.05) is 11.6 Å². The molecular formula is C17H12N4O7. The lowest BCUT2D eigenvalue weighted by Crippen LogP contribution is -2.32. The summed E-state index contributed by atoms with van der Waals surface area (Å²) in [6, 6.07) is 10.2. The lowest BCUT2D eigenvalue weighted by Gasteiger charge is -2.07. The molecule has 3 aromatic rings. The van der Waals surface area contributed by atoms with Gasteiger partial charge in [-0.15, -0.1) is 4.68 Å². The normalized spacial score (nSPS) is 11.0. The minimum absolute atomic E-state index is 0.0231. The van der Waals surface area contributed by atoms with Crippen molar-refractivity contribution >= 4 is 28.8 Å². The van der Waals surface area contributed by atoms with Crippen molar-refractivity contribution in [1.82, 2.24) is 9.66 Å². The van der Waals surface area contributed by atoms with Crippen molar-refractivity contribution in [1.29, 1.82) is 0 Å². The van der Waals surface area contributed by atoms with Gasteiger partial charge in [0.2, 0.25) is 5.75 Å². The van der Waals surface area contributed by atoms with Crippen LogP contribution < -0.4 is 16.0 Å². The van der Waals surface area contributed by atoms with Crippen molar-refractivity contribution < 1.29 is 19.6 Å². The number of carboxylic acid groups (broad SMARTS) is 1. The number of nitro benzene ring substituents is 1. The molecule has 0 aliphatic rings. The molecule has 0 atom stereocenters. The van der Waals surface area contributed by atoms with E-state index in [0.29, 0.717) is 10.2 Å². The average molecular weight is 384 g/mol. The summed E-state index contributed by atoms with van der Waals surface area (Å²) in [6.45, 7) is -0.817. The monoisotopic (exact) mass is 384 g/mol. The third-order valence-corrected chi connectivity index (χ3v) is 3.66. The Balaban J connectivity index is 2.10. The number of hydrogen-bond acceptors (Lipinski definition) is 7. The first-order valence-electron chi connectivity index (χ1n) is 7.79. The first kappa shape index (κ1) is 18.5. The number of nitro groups is 1. The molecule has 0 aliphatic carbocycles. The van der Waals surface area contributed by atoms with Crippen molar-refractivity contribution in [2.45, 2.75) is 0 Å². The molecule has 11 nitrogen and oxygen atoms in total. The van der Waals surface area contributed by atoms with Gasteiger partial charge in [0.1, 0.15) is 0 Å². The van der Waals surface area contributed by atoms with Gasteiger partial charge in [-0.05, 0) is 18.2 Å². The van der Waals surface area contributed by atoms with Crippen LogP contribution in [0, 0.1) is 10.1 Å². The SMILES string of the molecule is O=C(O)COc1c(C=Nn2c(=O)[nH]c3ccccc3c2=O)cccc1[N+](=O)[O-]. The fourth-order valence-electron chi connectivity index (χ4n) is 2.46. The first-order valence-corrected chi connectivity index (χ1v) is 7.79. The second-order valence-corrected chi connectivity index (χ2v) is 5.47. The molecule has 0 unspecified atom stereocenters. The van der Waals surface area contributed by atoms with Gasteiger partial charge in [-0.2, -0.15) is 5.10 Å². The van der Waals surface area contributed by atoms with Gasteiger partial charge in [0.05, 0.1) is 22.0 Å². The molecule has 0 fully saturated rings. The van der Waals surface area contributed by atoms with Crippen LogP contribution >= 0.6 is 0 Å². The van der Waals surface area contributed by atoms with Gasteiger partial charge in [-0.3, -0.25) is 14.9 Å². The number of benzene rings is 2. The molecule has 0 aliphatic heterocycles. The number of para-hydroxylation sites is 2. The van der Waals surface area contributed by atoms with Crippen LogP contribution in [0.5, 0.6) is 5.75 Å². The topological polar surface area (TPSA) is 157 Å². The third-order valence-electron chi connectivity index (χ3n) is 3.66. The van der Waals surface area contributed by atoms with Crippen molar-refractivity contribution in [3.05, 3.63) is 79.0 Å². The van der Waals surface area contributed by atoms with Crippen LogP contribution in [0.4, 0.5) is 5.69 Å². The molecule has 2 aromatic carbocycles. The van der Waals surface area contributed by atoms with Gasteiger partial charge in [-0.25, -0.2) is 9.59 Å². The number of hydrogen-bond donors (Lipinski definition) is 2. The summed E-state index contributed by atoms with van der Waals surface area (Å²) in [7, 11) is 0. The maximum atomic E-state index is 12.5. The number of aromatic amines is 1. The zero-order valence-electron chi connectivity index (χ0n) is 14.1. The quantitative estimate of drug-likeness (QED) is 0.364. The number of nitrogens with one attached hydrogen (secondary N) is 1. The molecule has 0 spiro atoms. The molecule has 28 heavy (non-hydrogen) atoms. The minimum Gasteiger partial charge on any atom is -0.479 e. The van der Waals surface area contributed by atoms with E-state index in [1.54, 1.807) is 18.2 Å². The van der Waals surface area contributed by atoms with Gasteiger partial charge in [-0.1, -0.05) is 18.2 Å². The van der Waals surface area contributed by atoms with E-state index in [2.05, 4.69) is 10.1 Å². The number of fused-ring (bicyclic) bond motifs is 1. The highest BCUT2D eigenvalue weighted by molar-refractivity contribution is 5.86. The van der Waals surface area contributed by atoms with Crippen molar-refractivity contribution in [2.24, 2.45) is 5.10 Å². The molecule has 11 heteroatoms. The van der Waals surface area contributed by atoms with Crippen LogP contribution in [0.25, 0.3) is 10.9 Å². The number of H-pyrrole nitrogens is 1. The summed E-state index contributed by atoms with van der Waals surface area (Å²) in [6.07, 6.45) is 1.01. The molecule has 0 radical (unpaired) electrons. The molecule has 0 amide bonds. The van der Waals surface area contributed by atoms with E-state index in [9.17, 15) is 24.5 Å². The lowest BCUT2D eigenvalue weighted by molar-refractivity contribution is -0.385. The Bertz CT molecular complexity index is 1230. The van der Waals surface area contributed by atoms with Gasteiger partial charge in [0.15, 0.2) is 6.61 Å². The van der Waals surface area contributed by atoms with Crippen molar-refractivity contribution in [3.63, 3.8) is 0 Å². The first-order chi connectivity index (χ1) is 13.4. The zero-order valence-corrected chi connectivity index (χ0v) is 14.1. The predicted octanol–water partition coefficient (Wildman–Crippen LogP) is 0.944. The number of ether oxygens (including phenoxy) is 1.